The van der Waals surface area contributed by atoms with Crippen LogP contribution >= 0.6 is 74.3 Å². The number of hydrogen-bond donors (Lipinski definition) is 0. The highest BCUT2D eigenvalue weighted by Crippen LogP contribution is 2.42. The third-order valence-electron chi connectivity index (χ3n) is 9.79. The van der Waals surface area contributed by atoms with Crippen LogP contribution in [-0.2, 0) is 32.4 Å². The number of nitrogens with zero attached hydrogens (tertiary/aromatic N) is 8. The predicted molar refractivity (Wildman–Crippen MR) is 289 cm³/mol. The summed E-state index contributed by atoms with van der Waals surface area (Å²) in [4.78, 5) is 18.0. The van der Waals surface area contributed by atoms with E-state index in [1.54, 1.807) is 50.9 Å². The van der Waals surface area contributed by atoms with E-state index in [-0.39, 0.29) is 13.6 Å². The summed E-state index contributed by atoms with van der Waals surface area (Å²) in [5.74, 6) is 2.09. The number of rotatable bonds is 21. The van der Waals surface area contributed by atoms with Gasteiger partial charge in [0, 0.05) is 78.1 Å². The minimum atomic E-state index is -1.21. The van der Waals surface area contributed by atoms with E-state index in [1.165, 1.54) is 37.7 Å². The Balaban J connectivity index is 0.000000252. The first-order chi connectivity index (χ1) is 33.3. The summed E-state index contributed by atoms with van der Waals surface area (Å²) < 4.78 is 47.4. The summed E-state index contributed by atoms with van der Waals surface area (Å²) in [7, 11) is 3.86. The normalized spacial score (nSPS) is 11.3. The van der Waals surface area contributed by atoms with Crippen molar-refractivity contribution in [2.24, 2.45) is 0 Å². The number of benzene rings is 2. The van der Waals surface area contributed by atoms with Gasteiger partial charge in [0.15, 0.2) is 46.9 Å². The lowest BCUT2D eigenvalue weighted by atomic mass is 10.1. The van der Waals surface area contributed by atoms with E-state index < -0.39 is 16.1 Å². The molecule has 6 aromatic rings. The largest absolute Gasteiger partial charge is 0.493 e. The number of fused-ring (bicyclic) bond motifs is 2. The maximum Gasteiger partial charge on any atom is 0.190 e. The zero-order valence-corrected chi connectivity index (χ0v) is 48.8. The van der Waals surface area contributed by atoms with E-state index in [2.05, 4.69) is 82.3 Å². The Kier molecular flexibility index (Phi) is 23.4. The van der Waals surface area contributed by atoms with Crippen molar-refractivity contribution in [3.8, 4) is 46.4 Å². The fourth-order valence-corrected chi connectivity index (χ4v) is 9.40. The van der Waals surface area contributed by atoms with E-state index in [0.717, 1.165) is 16.6 Å². The molecular weight excluding hydrogens is 1100 g/mol. The van der Waals surface area contributed by atoms with Gasteiger partial charge in [-0.1, -0.05) is 97.6 Å². The van der Waals surface area contributed by atoms with Gasteiger partial charge < -0.3 is 47.0 Å². The van der Waals surface area contributed by atoms with Crippen LogP contribution in [-0.4, -0.2) is 113 Å². The van der Waals surface area contributed by atoms with Crippen molar-refractivity contribution in [3.05, 3.63) is 67.5 Å². The van der Waals surface area contributed by atoms with Crippen molar-refractivity contribution < 1.29 is 37.9 Å². The quantitative estimate of drug-likeness (QED) is 0.0165. The molecule has 0 aliphatic rings. The van der Waals surface area contributed by atoms with Gasteiger partial charge in [-0.25, -0.2) is 19.9 Å². The molecule has 0 amide bonds. The number of nitriles is 2. The fraction of sp³-hybridized carbons (Fsp3) is 0.435. The summed E-state index contributed by atoms with van der Waals surface area (Å²) in [6.07, 6.45) is 7.27. The Morgan fingerprint density at radius 1 is 0.629 bits per heavy atom. The molecule has 0 spiro atoms. The van der Waals surface area contributed by atoms with Gasteiger partial charge in [-0.3, -0.25) is 0 Å². The first-order valence-electron chi connectivity index (χ1n) is 21.4. The molecule has 0 aliphatic heterocycles. The molecular formula is C46H58BrCl3N8O8S2Si2. The molecule has 6 rings (SSSR count). The van der Waals surface area contributed by atoms with Crippen LogP contribution in [0.3, 0.4) is 0 Å². The second kappa shape index (κ2) is 27.9. The summed E-state index contributed by atoms with van der Waals surface area (Å²) >= 11 is 24.8. The van der Waals surface area contributed by atoms with E-state index >= 15 is 0 Å². The summed E-state index contributed by atoms with van der Waals surface area (Å²) in [5.41, 5.74) is 3.32. The Hall–Kier alpha value is -3.82. The molecule has 4 heterocycles. The van der Waals surface area contributed by atoms with Crippen LogP contribution < -0.4 is 18.9 Å². The number of methoxy groups -OCH3 is 4. The number of halogens is 4. The minimum Gasteiger partial charge on any atom is -0.493 e. The Morgan fingerprint density at radius 2 is 1.09 bits per heavy atom. The molecule has 0 radical (unpaired) electrons. The van der Waals surface area contributed by atoms with Gasteiger partial charge >= 0.3 is 0 Å². The molecule has 70 heavy (non-hydrogen) atoms. The molecule has 0 atom stereocenters. The van der Waals surface area contributed by atoms with Gasteiger partial charge in [0.1, 0.15) is 42.0 Å². The first-order valence-corrected chi connectivity index (χ1v) is 33.2. The topological polar surface area (TPSA) is 183 Å². The smallest absolute Gasteiger partial charge is 0.190 e. The Bertz CT molecular complexity index is 2800. The molecule has 0 saturated heterocycles. The maximum atomic E-state index is 9.89. The van der Waals surface area contributed by atoms with Gasteiger partial charge in [0.2, 0.25) is 0 Å². The molecule has 0 saturated carbocycles. The van der Waals surface area contributed by atoms with Crippen molar-refractivity contribution in [1.82, 2.24) is 29.1 Å². The average Bonchev–Trinajstić information content (AvgIpc) is 3.88. The molecule has 0 unspecified atom stereocenters. The second-order valence-electron chi connectivity index (χ2n) is 17.4. The lowest BCUT2D eigenvalue weighted by Crippen LogP contribution is -2.22. The molecule has 0 fully saturated rings. The zero-order valence-electron chi connectivity index (χ0n) is 41.3. The fourth-order valence-electron chi connectivity index (χ4n) is 6.13. The van der Waals surface area contributed by atoms with Crippen molar-refractivity contribution in [1.29, 1.82) is 10.5 Å². The van der Waals surface area contributed by atoms with Crippen LogP contribution in [0.15, 0.2) is 51.4 Å². The van der Waals surface area contributed by atoms with E-state index in [0.29, 0.717) is 120 Å². The van der Waals surface area contributed by atoms with E-state index in [1.807, 2.05) is 21.6 Å². The lowest BCUT2D eigenvalue weighted by Gasteiger charge is -2.16. The number of thioether (sulfide) groups is 2. The van der Waals surface area contributed by atoms with E-state index in [4.69, 9.17) is 77.7 Å². The third kappa shape index (κ3) is 16.6. The number of hydrogen-bond acceptors (Lipinski definition) is 16. The molecule has 0 N–H and O–H groups in total. The first kappa shape index (κ1) is 58.8. The maximum absolute atomic E-state index is 9.89. The monoisotopic (exact) mass is 1150 g/mol. The highest BCUT2D eigenvalue weighted by molar-refractivity contribution is 9.10. The van der Waals surface area contributed by atoms with Crippen LogP contribution in [0.4, 0.5) is 0 Å². The highest BCUT2D eigenvalue weighted by atomic mass is 79.9. The van der Waals surface area contributed by atoms with Gasteiger partial charge in [0.25, 0.3) is 0 Å². The minimum absolute atomic E-state index is 0.0429. The van der Waals surface area contributed by atoms with Crippen molar-refractivity contribution in [2.45, 2.75) is 75.1 Å². The zero-order chi connectivity index (χ0) is 51.8. The van der Waals surface area contributed by atoms with Crippen molar-refractivity contribution >= 4 is 112 Å². The van der Waals surface area contributed by atoms with Crippen LogP contribution in [0.5, 0.6) is 23.0 Å². The summed E-state index contributed by atoms with van der Waals surface area (Å²) in [6.45, 7) is 16.1. The molecule has 2 aromatic carbocycles. The standard InChI is InChI=1S/C23H29ClN4O4SSi.C14H19ClN4OSSi.C9H10BrClO3/c1-29-14-32-19-9-16(17(24)10-18(19)30-2)21-20-15(11-25)12-28(13-31-7-8-34(4,5)6)22(20)27-23(26-21)33-3;1-21-14-17-12(15)11-10(7-16)8-19(13(11)18-14)9-20-5-6-22(2,3)4;1-12-5-14-9-3-6(10)7(11)4-8(9)13-2/h9-10,12H,7-8,13-14H2,1-6H3;8H,5-6,9H2,1-4H3;3-4H,5H2,1-2H3. The molecule has 0 bridgehead atoms. The van der Waals surface area contributed by atoms with Crippen LogP contribution in [0.1, 0.15) is 11.1 Å². The molecule has 4 aromatic heterocycles. The number of ether oxygens (including phenoxy) is 8. The van der Waals surface area contributed by atoms with Crippen LogP contribution in [0, 0.1) is 22.7 Å². The molecule has 16 nitrogen and oxygen atoms in total. The van der Waals surface area contributed by atoms with Crippen molar-refractivity contribution in [2.75, 3.05) is 67.8 Å². The second-order valence-corrected chi connectivity index (χ2v) is 32.2. The number of aromatic nitrogens is 6. The lowest BCUT2D eigenvalue weighted by molar-refractivity contribution is 0.0490. The predicted octanol–water partition coefficient (Wildman–Crippen LogP) is 12.7. The third-order valence-corrected chi connectivity index (χ3v) is 16.1. The van der Waals surface area contributed by atoms with Crippen LogP contribution in [0.25, 0.3) is 33.3 Å². The molecule has 24 heteroatoms. The Labute approximate surface area is 443 Å². The summed E-state index contributed by atoms with van der Waals surface area (Å²) in [5, 5.41) is 22.8. The van der Waals surface area contributed by atoms with Gasteiger partial charge in [-0.05, 0) is 52.7 Å². The van der Waals surface area contributed by atoms with Gasteiger partial charge in [-0.15, -0.1) is 0 Å². The highest BCUT2D eigenvalue weighted by Gasteiger charge is 2.23. The average molecular weight is 1160 g/mol. The Morgan fingerprint density at radius 3 is 1.54 bits per heavy atom. The SMILES string of the molecule is COCOc1cc(-c2nc(SC)nc3c2c(C#N)cn3COCC[Si](C)(C)C)c(Cl)cc1OC.COCOc1cc(Br)c(Cl)cc1OC.CSc1nc(Cl)c2c(C#N)cn(COCC[Si](C)(C)C)c2n1. The van der Waals surface area contributed by atoms with E-state index in [9.17, 15) is 10.5 Å². The summed E-state index contributed by atoms with van der Waals surface area (Å²) in [6, 6.07) is 13.4. The van der Waals surface area contributed by atoms with Crippen LogP contribution in [0.2, 0.25) is 66.6 Å². The van der Waals surface area contributed by atoms with Gasteiger partial charge in [0.05, 0.1) is 51.9 Å². The van der Waals surface area contributed by atoms with Crippen molar-refractivity contribution in [3.63, 3.8) is 0 Å². The molecule has 0 aliphatic carbocycles. The van der Waals surface area contributed by atoms with Gasteiger partial charge in [-0.2, -0.15) is 10.5 Å². The molecule has 378 valence electrons.